The van der Waals surface area contributed by atoms with E-state index in [1.807, 2.05) is 6.07 Å². The summed E-state index contributed by atoms with van der Waals surface area (Å²) in [7, 11) is 0. The minimum atomic E-state index is -1.19. The average Bonchev–Trinajstić information content (AvgIpc) is 3.04. The first-order valence-electron chi connectivity index (χ1n) is 7.68. The quantitative estimate of drug-likeness (QED) is 0.868. The predicted molar refractivity (Wildman–Crippen MR) is 83.5 cm³/mol. The van der Waals surface area contributed by atoms with Gasteiger partial charge in [-0.25, -0.2) is 4.39 Å². The van der Waals surface area contributed by atoms with Gasteiger partial charge in [-0.3, -0.25) is 0 Å². The second kappa shape index (κ2) is 5.23. The maximum atomic E-state index is 14.2. The zero-order chi connectivity index (χ0) is 16.0. The molecular weight excluding hydrogens is 293 g/mol. The predicted octanol–water partition coefficient (Wildman–Crippen LogP) is 3.02. The summed E-state index contributed by atoms with van der Waals surface area (Å²) < 4.78 is 14.2. The average molecular weight is 308 g/mol. The van der Waals surface area contributed by atoms with E-state index in [2.05, 4.69) is 17.5 Å². The van der Waals surface area contributed by atoms with Gasteiger partial charge in [-0.05, 0) is 35.1 Å². The van der Waals surface area contributed by atoms with E-state index in [-0.39, 0.29) is 23.3 Å². The smallest absolute Gasteiger partial charge is 0.146 e. The lowest BCUT2D eigenvalue weighted by Gasteiger charge is -2.37. The molecule has 0 bridgehead atoms. The fourth-order valence-corrected chi connectivity index (χ4v) is 3.74. The molecule has 0 saturated heterocycles. The Hall–Kier alpha value is -2.62. The molecule has 116 valence electrons. The number of hydrogen-bond acceptors (Lipinski definition) is 3. The first-order chi connectivity index (χ1) is 11.1. The molecule has 1 aliphatic heterocycles. The Balaban J connectivity index is 1.75. The van der Waals surface area contributed by atoms with Crippen LogP contribution in [0.1, 0.15) is 39.9 Å². The van der Waals surface area contributed by atoms with Gasteiger partial charge in [0.25, 0.3) is 0 Å². The van der Waals surface area contributed by atoms with E-state index < -0.39 is 5.97 Å². The van der Waals surface area contributed by atoms with Crippen molar-refractivity contribution < 1.29 is 14.3 Å². The highest BCUT2D eigenvalue weighted by molar-refractivity contribution is 5.85. The number of carboxylic acid groups (broad SMARTS) is 1. The zero-order valence-electron chi connectivity index (χ0n) is 12.3. The van der Waals surface area contributed by atoms with Crippen molar-refractivity contribution in [1.82, 2.24) is 0 Å². The standard InChI is InChI=1S/C19H16FNO2/c20-16-6-2-5-15-13-3-1-4-14(13)17(21-18(15)16)11-7-9-12(10-8-11)19(22)23/h1-3,5-10,13-14,17,21H,4H2,(H,22,23)/p-1/t13-,14-,17+/m1/s1. The van der Waals surface area contributed by atoms with Gasteiger partial charge in [0.2, 0.25) is 0 Å². The topological polar surface area (TPSA) is 52.2 Å². The lowest BCUT2D eigenvalue weighted by molar-refractivity contribution is -0.255. The Morgan fingerprint density at radius 3 is 2.70 bits per heavy atom. The molecule has 0 unspecified atom stereocenters. The number of fused-ring (bicyclic) bond motifs is 3. The van der Waals surface area contributed by atoms with Gasteiger partial charge < -0.3 is 15.2 Å². The number of carbonyl (C=O) groups excluding carboxylic acids is 1. The van der Waals surface area contributed by atoms with Gasteiger partial charge in [0, 0.05) is 5.92 Å². The molecule has 1 heterocycles. The van der Waals surface area contributed by atoms with Crippen molar-refractivity contribution >= 4 is 11.7 Å². The highest BCUT2D eigenvalue weighted by atomic mass is 19.1. The van der Waals surface area contributed by atoms with Crippen LogP contribution in [0.3, 0.4) is 0 Å². The molecule has 1 aliphatic carbocycles. The zero-order valence-corrected chi connectivity index (χ0v) is 12.3. The summed E-state index contributed by atoms with van der Waals surface area (Å²) in [4.78, 5) is 10.9. The third-order valence-corrected chi connectivity index (χ3v) is 4.85. The van der Waals surface area contributed by atoms with E-state index in [4.69, 9.17) is 0 Å². The van der Waals surface area contributed by atoms with Crippen molar-refractivity contribution in [3.63, 3.8) is 0 Å². The van der Waals surface area contributed by atoms with Crippen molar-refractivity contribution in [2.45, 2.75) is 18.4 Å². The van der Waals surface area contributed by atoms with Crippen molar-refractivity contribution in [1.29, 1.82) is 0 Å². The van der Waals surface area contributed by atoms with E-state index in [0.29, 0.717) is 11.6 Å². The molecule has 0 spiro atoms. The number of aromatic carboxylic acids is 1. The molecule has 1 N–H and O–H groups in total. The summed E-state index contributed by atoms with van der Waals surface area (Å²) in [6.45, 7) is 0. The number of hydrogen-bond donors (Lipinski definition) is 1. The molecule has 2 aromatic rings. The number of carboxylic acids is 1. The van der Waals surface area contributed by atoms with Crippen molar-refractivity contribution in [2.75, 3.05) is 5.32 Å². The van der Waals surface area contributed by atoms with Gasteiger partial charge in [-0.2, -0.15) is 0 Å². The molecule has 4 rings (SSSR count). The van der Waals surface area contributed by atoms with E-state index >= 15 is 0 Å². The molecular formula is C19H15FNO2-. The first-order valence-corrected chi connectivity index (χ1v) is 7.68. The van der Waals surface area contributed by atoms with Crippen LogP contribution < -0.4 is 10.4 Å². The largest absolute Gasteiger partial charge is 0.545 e. The summed E-state index contributed by atoms with van der Waals surface area (Å²) >= 11 is 0. The van der Waals surface area contributed by atoms with Gasteiger partial charge in [0.1, 0.15) is 5.82 Å². The number of allylic oxidation sites excluding steroid dienone is 2. The SMILES string of the molecule is O=C([O-])c1ccc([C@@H]2Nc3c(F)cccc3[C@@H]3C=CC[C@H]32)cc1. The normalized spacial score (nSPS) is 24.7. The molecule has 0 amide bonds. The van der Waals surface area contributed by atoms with Gasteiger partial charge in [-0.15, -0.1) is 0 Å². The summed E-state index contributed by atoms with van der Waals surface area (Å²) in [6.07, 6.45) is 5.20. The van der Waals surface area contributed by atoms with Gasteiger partial charge in [0.15, 0.2) is 0 Å². The number of rotatable bonds is 2. The maximum Gasteiger partial charge on any atom is 0.146 e. The Morgan fingerprint density at radius 2 is 1.96 bits per heavy atom. The Labute approximate surface area is 133 Å². The van der Waals surface area contributed by atoms with Crippen LogP contribution in [-0.2, 0) is 0 Å². The molecule has 4 heteroatoms. The molecule has 0 radical (unpaired) electrons. The van der Waals surface area contributed by atoms with Gasteiger partial charge in [0.05, 0.1) is 17.7 Å². The molecule has 0 fully saturated rings. The van der Waals surface area contributed by atoms with Crippen LogP contribution in [0.2, 0.25) is 0 Å². The van der Waals surface area contributed by atoms with E-state index in [9.17, 15) is 14.3 Å². The van der Waals surface area contributed by atoms with Crippen LogP contribution in [-0.4, -0.2) is 5.97 Å². The van der Waals surface area contributed by atoms with Gasteiger partial charge >= 0.3 is 0 Å². The van der Waals surface area contributed by atoms with Crippen molar-refractivity contribution in [3.8, 4) is 0 Å². The maximum absolute atomic E-state index is 14.2. The number of halogens is 1. The molecule has 23 heavy (non-hydrogen) atoms. The molecule has 3 nitrogen and oxygen atoms in total. The number of para-hydroxylation sites is 1. The highest BCUT2D eigenvalue weighted by Crippen LogP contribution is 2.50. The lowest BCUT2D eigenvalue weighted by Crippen LogP contribution is -2.30. The summed E-state index contributed by atoms with van der Waals surface area (Å²) in [5.41, 5.74) is 2.65. The fraction of sp³-hybridized carbons (Fsp3) is 0.211. The van der Waals surface area contributed by atoms with Crippen molar-refractivity contribution in [2.24, 2.45) is 5.92 Å². The van der Waals surface area contributed by atoms with Crippen LogP contribution in [0.15, 0.2) is 54.6 Å². The molecule has 3 atom stereocenters. The minimum Gasteiger partial charge on any atom is -0.545 e. The second-order valence-corrected chi connectivity index (χ2v) is 6.09. The minimum absolute atomic E-state index is 0.0461. The molecule has 0 saturated carbocycles. The van der Waals surface area contributed by atoms with E-state index in [1.54, 1.807) is 30.3 Å². The monoisotopic (exact) mass is 308 g/mol. The second-order valence-electron chi connectivity index (χ2n) is 6.09. The van der Waals surface area contributed by atoms with Crippen molar-refractivity contribution in [3.05, 3.63) is 77.1 Å². The van der Waals surface area contributed by atoms with Crippen LogP contribution in [0.25, 0.3) is 0 Å². The summed E-state index contributed by atoms with van der Waals surface area (Å²) in [5.74, 6) is -0.951. The van der Waals surface area contributed by atoms with Gasteiger partial charge in [-0.1, -0.05) is 48.6 Å². The number of benzene rings is 2. The number of anilines is 1. The third kappa shape index (κ3) is 2.22. The van der Waals surface area contributed by atoms with Crippen LogP contribution in [0, 0.1) is 11.7 Å². The lowest BCUT2D eigenvalue weighted by atomic mass is 9.77. The van der Waals surface area contributed by atoms with Crippen LogP contribution in [0.5, 0.6) is 0 Å². The summed E-state index contributed by atoms with van der Waals surface area (Å²) in [6, 6.07) is 11.8. The fourth-order valence-electron chi connectivity index (χ4n) is 3.74. The third-order valence-electron chi connectivity index (χ3n) is 4.85. The molecule has 0 aromatic heterocycles. The Kier molecular flexibility index (Phi) is 3.18. The molecule has 2 aromatic carbocycles. The molecule has 2 aliphatic rings. The Bertz CT molecular complexity index is 798. The van der Waals surface area contributed by atoms with Crippen LogP contribution >= 0.6 is 0 Å². The number of nitrogens with one attached hydrogen (secondary N) is 1. The summed E-state index contributed by atoms with van der Waals surface area (Å²) in [5, 5.41) is 14.2. The Morgan fingerprint density at radius 1 is 1.17 bits per heavy atom. The number of carbonyl (C=O) groups is 1. The first kappa shape index (κ1) is 14.0. The van der Waals surface area contributed by atoms with E-state index in [0.717, 1.165) is 17.5 Å². The highest BCUT2D eigenvalue weighted by Gasteiger charge is 2.38. The van der Waals surface area contributed by atoms with E-state index in [1.165, 1.54) is 6.07 Å². The van der Waals surface area contributed by atoms with Crippen LogP contribution in [0.4, 0.5) is 10.1 Å².